The Morgan fingerprint density at radius 3 is 2.71 bits per heavy atom. The number of aromatic nitrogens is 6. The van der Waals surface area contributed by atoms with Gasteiger partial charge in [0.1, 0.15) is 5.69 Å². The number of amides is 1. The quantitative estimate of drug-likeness (QED) is 0.550. The van der Waals surface area contributed by atoms with Crippen LogP contribution in [0.4, 0.5) is 0 Å². The monoisotopic (exact) mass is 373 g/mol. The molecule has 8 heteroatoms. The summed E-state index contributed by atoms with van der Waals surface area (Å²) in [6, 6.07) is 9.70. The second kappa shape index (κ2) is 6.56. The number of hydrogen-bond donors (Lipinski definition) is 0. The number of likely N-dealkylation sites (tertiary alicyclic amines) is 1. The minimum atomic E-state index is 0.00578. The molecule has 0 unspecified atom stereocenters. The molecule has 0 N–H and O–H groups in total. The van der Waals surface area contributed by atoms with E-state index in [1.54, 1.807) is 36.4 Å². The van der Waals surface area contributed by atoms with Gasteiger partial charge in [0.2, 0.25) is 0 Å². The Bertz CT molecular complexity index is 1150. The fourth-order valence-electron chi connectivity index (χ4n) is 3.69. The summed E-state index contributed by atoms with van der Waals surface area (Å²) in [5, 5.41) is 8.77. The van der Waals surface area contributed by atoms with Crippen molar-refractivity contribution in [3.63, 3.8) is 0 Å². The molecule has 140 valence electrons. The van der Waals surface area contributed by atoms with Gasteiger partial charge in [-0.3, -0.25) is 14.5 Å². The van der Waals surface area contributed by atoms with E-state index in [9.17, 15) is 4.79 Å². The molecule has 1 aliphatic rings. The molecule has 1 saturated heterocycles. The van der Waals surface area contributed by atoms with Gasteiger partial charge in [0, 0.05) is 56.4 Å². The molecule has 1 amide bonds. The van der Waals surface area contributed by atoms with Crippen LogP contribution in [0.1, 0.15) is 28.7 Å². The average Bonchev–Trinajstić information content (AvgIpc) is 3.46. The Balaban J connectivity index is 1.38. The molecule has 5 rings (SSSR count). The summed E-state index contributed by atoms with van der Waals surface area (Å²) in [5.74, 6) is 0.930. The van der Waals surface area contributed by atoms with Gasteiger partial charge in [-0.05, 0) is 42.3 Å². The van der Waals surface area contributed by atoms with Crippen molar-refractivity contribution < 1.29 is 4.79 Å². The van der Waals surface area contributed by atoms with Crippen LogP contribution in [-0.2, 0) is 7.05 Å². The zero-order valence-corrected chi connectivity index (χ0v) is 15.4. The molecular weight excluding hydrogens is 354 g/mol. The van der Waals surface area contributed by atoms with Crippen molar-refractivity contribution >= 4 is 11.6 Å². The number of pyridine rings is 2. The van der Waals surface area contributed by atoms with Gasteiger partial charge in [0.15, 0.2) is 11.5 Å². The van der Waals surface area contributed by atoms with E-state index in [1.807, 2.05) is 39.9 Å². The number of aryl methyl sites for hydroxylation is 1. The Morgan fingerprint density at radius 2 is 1.93 bits per heavy atom. The van der Waals surface area contributed by atoms with Crippen molar-refractivity contribution in [2.45, 2.75) is 12.3 Å². The highest BCUT2D eigenvalue weighted by Gasteiger charge is 2.31. The van der Waals surface area contributed by atoms with E-state index in [-0.39, 0.29) is 11.8 Å². The second-order valence-electron chi connectivity index (χ2n) is 7.00. The van der Waals surface area contributed by atoms with E-state index in [0.717, 1.165) is 29.0 Å². The molecule has 5 heterocycles. The third kappa shape index (κ3) is 2.83. The number of hydrogen-bond acceptors (Lipinski definition) is 5. The van der Waals surface area contributed by atoms with Gasteiger partial charge < -0.3 is 4.90 Å². The van der Waals surface area contributed by atoms with E-state index >= 15 is 0 Å². The molecule has 0 aliphatic carbocycles. The minimum Gasteiger partial charge on any atom is -0.337 e. The summed E-state index contributed by atoms with van der Waals surface area (Å²) in [4.78, 5) is 23.3. The van der Waals surface area contributed by atoms with Gasteiger partial charge in [0.25, 0.3) is 5.91 Å². The van der Waals surface area contributed by atoms with Crippen molar-refractivity contribution in [3.05, 3.63) is 66.6 Å². The highest BCUT2D eigenvalue weighted by atomic mass is 16.2. The molecule has 4 aromatic heterocycles. The molecule has 1 aliphatic heterocycles. The molecular formula is C20H19N7O. The van der Waals surface area contributed by atoms with Crippen LogP contribution >= 0.6 is 0 Å². The van der Waals surface area contributed by atoms with E-state index in [0.29, 0.717) is 18.8 Å². The molecule has 4 aromatic rings. The van der Waals surface area contributed by atoms with Crippen molar-refractivity contribution in [1.82, 2.24) is 34.3 Å². The third-order valence-corrected chi connectivity index (χ3v) is 5.24. The second-order valence-corrected chi connectivity index (χ2v) is 7.00. The molecule has 1 fully saturated rings. The van der Waals surface area contributed by atoms with E-state index in [2.05, 4.69) is 20.2 Å². The van der Waals surface area contributed by atoms with Crippen LogP contribution in [-0.4, -0.2) is 53.3 Å². The highest BCUT2D eigenvalue weighted by molar-refractivity contribution is 5.92. The summed E-state index contributed by atoms with van der Waals surface area (Å²) in [6.45, 7) is 1.32. The predicted octanol–water partition coefficient (Wildman–Crippen LogP) is 2.15. The SMILES string of the molecule is Cn1nccc1C(=O)N1CC[C@@H](c2nc3ccc(-c4ccncc4)cn3n2)C1. The maximum Gasteiger partial charge on any atom is 0.272 e. The van der Waals surface area contributed by atoms with Crippen LogP contribution in [0.25, 0.3) is 16.8 Å². The van der Waals surface area contributed by atoms with Crippen LogP contribution in [0.5, 0.6) is 0 Å². The molecule has 0 radical (unpaired) electrons. The lowest BCUT2D eigenvalue weighted by Gasteiger charge is -2.15. The fraction of sp³-hybridized carbons (Fsp3) is 0.250. The first-order valence-corrected chi connectivity index (χ1v) is 9.23. The van der Waals surface area contributed by atoms with Gasteiger partial charge >= 0.3 is 0 Å². The number of carbonyl (C=O) groups excluding carboxylic acids is 1. The zero-order valence-electron chi connectivity index (χ0n) is 15.4. The van der Waals surface area contributed by atoms with Crippen LogP contribution in [0, 0.1) is 0 Å². The van der Waals surface area contributed by atoms with Crippen molar-refractivity contribution in [3.8, 4) is 11.1 Å². The Labute approximate surface area is 161 Å². The van der Waals surface area contributed by atoms with Crippen LogP contribution in [0.2, 0.25) is 0 Å². The first-order chi connectivity index (χ1) is 13.7. The van der Waals surface area contributed by atoms with Crippen LogP contribution in [0.3, 0.4) is 0 Å². The van der Waals surface area contributed by atoms with Gasteiger partial charge in [0.05, 0.1) is 0 Å². The van der Waals surface area contributed by atoms with Crippen LogP contribution < -0.4 is 0 Å². The summed E-state index contributed by atoms with van der Waals surface area (Å²) >= 11 is 0. The highest BCUT2D eigenvalue weighted by Crippen LogP contribution is 2.27. The van der Waals surface area contributed by atoms with Crippen molar-refractivity contribution in [1.29, 1.82) is 0 Å². The fourth-order valence-corrected chi connectivity index (χ4v) is 3.69. The van der Waals surface area contributed by atoms with Crippen molar-refractivity contribution in [2.24, 2.45) is 7.05 Å². The van der Waals surface area contributed by atoms with Crippen molar-refractivity contribution in [2.75, 3.05) is 13.1 Å². The van der Waals surface area contributed by atoms with E-state index in [1.165, 1.54) is 0 Å². The topological polar surface area (TPSA) is 81.2 Å². The predicted molar refractivity (Wildman–Crippen MR) is 103 cm³/mol. The maximum absolute atomic E-state index is 12.7. The molecule has 0 saturated carbocycles. The summed E-state index contributed by atoms with van der Waals surface area (Å²) < 4.78 is 3.43. The normalized spacial score (nSPS) is 16.8. The average molecular weight is 373 g/mol. The van der Waals surface area contributed by atoms with Crippen LogP contribution in [0.15, 0.2) is 55.1 Å². The molecule has 1 atom stereocenters. The number of rotatable bonds is 3. The molecule has 0 bridgehead atoms. The van der Waals surface area contributed by atoms with Gasteiger partial charge in [-0.1, -0.05) is 0 Å². The van der Waals surface area contributed by atoms with Gasteiger partial charge in [-0.15, -0.1) is 0 Å². The Kier molecular flexibility index (Phi) is 3.89. The smallest absolute Gasteiger partial charge is 0.272 e. The Hall–Kier alpha value is -3.55. The first-order valence-electron chi connectivity index (χ1n) is 9.23. The molecule has 8 nitrogen and oxygen atoms in total. The molecule has 0 aromatic carbocycles. The lowest BCUT2D eigenvalue weighted by molar-refractivity contribution is 0.0779. The van der Waals surface area contributed by atoms with Gasteiger partial charge in [-0.25, -0.2) is 9.50 Å². The Morgan fingerprint density at radius 1 is 1.07 bits per heavy atom. The third-order valence-electron chi connectivity index (χ3n) is 5.24. The van der Waals surface area contributed by atoms with E-state index in [4.69, 9.17) is 0 Å². The summed E-state index contributed by atoms with van der Waals surface area (Å²) in [7, 11) is 1.78. The number of nitrogens with zero attached hydrogens (tertiary/aromatic N) is 7. The number of carbonyl (C=O) groups is 1. The molecule has 0 spiro atoms. The summed E-state index contributed by atoms with van der Waals surface area (Å²) in [5.41, 5.74) is 3.56. The largest absolute Gasteiger partial charge is 0.337 e. The minimum absolute atomic E-state index is 0.00578. The zero-order chi connectivity index (χ0) is 19.1. The van der Waals surface area contributed by atoms with Gasteiger partial charge in [-0.2, -0.15) is 10.2 Å². The van der Waals surface area contributed by atoms with E-state index < -0.39 is 0 Å². The maximum atomic E-state index is 12.7. The first kappa shape index (κ1) is 16.6. The lowest BCUT2D eigenvalue weighted by atomic mass is 10.1. The number of fused-ring (bicyclic) bond motifs is 1. The standard InChI is InChI=1S/C20H19N7O/c1-25-17(6-10-22-25)20(28)26-11-7-16(12-26)19-23-18-3-2-15(13-27(18)24-19)14-4-8-21-9-5-14/h2-6,8-10,13,16H,7,11-12H2,1H3/t16-/m1/s1. The lowest BCUT2D eigenvalue weighted by Crippen LogP contribution is -2.30. The summed E-state index contributed by atoms with van der Waals surface area (Å²) in [6.07, 6.45) is 8.04. The molecule has 28 heavy (non-hydrogen) atoms.